The van der Waals surface area contributed by atoms with Crippen LogP contribution >= 0.6 is 0 Å². The number of aliphatic hydroxyl groups is 5. The summed E-state index contributed by atoms with van der Waals surface area (Å²) in [5, 5.41) is 55.5. The average molecular weight is 407 g/mol. The predicted octanol–water partition coefficient (Wildman–Crippen LogP) is -0.396. The maximum Gasteiger partial charge on any atom is 0.280 e. The first kappa shape index (κ1) is 22.6. The van der Waals surface area contributed by atoms with Crippen LogP contribution in [0.25, 0.3) is 0 Å². The van der Waals surface area contributed by atoms with E-state index >= 15 is 0 Å². The van der Waals surface area contributed by atoms with E-state index in [0.717, 1.165) is 0 Å². The van der Waals surface area contributed by atoms with Crippen LogP contribution in [0.1, 0.15) is 15.9 Å². The fourth-order valence-electron chi connectivity index (χ4n) is 2.65. The van der Waals surface area contributed by atoms with E-state index in [-0.39, 0.29) is 17.0 Å². The number of nitrogens with zero attached hydrogens (tertiary/aromatic N) is 1. The van der Waals surface area contributed by atoms with Crippen LogP contribution in [0.2, 0.25) is 0 Å². The molecule has 0 bridgehead atoms. The Hall–Kier alpha value is -2.73. The lowest BCUT2D eigenvalue weighted by atomic mass is 10.00. The highest BCUT2D eigenvalue weighted by Crippen LogP contribution is 2.21. The minimum absolute atomic E-state index is 0.115. The van der Waals surface area contributed by atoms with Crippen molar-refractivity contribution in [2.24, 2.45) is 0 Å². The number of nitro groups is 1. The Balaban J connectivity index is 0.000000221. The molecule has 10 heteroatoms. The number of hydrogen-bond acceptors (Lipinski definition) is 9. The van der Waals surface area contributed by atoms with Crippen molar-refractivity contribution in [3.8, 4) is 0 Å². The zero-order chi connectivity index (χ0) is 21.6. The molecule has 1 aliphatic rings. The van der Waals surface area contributed by atoms with Gasteiger partial charge in [0, 0.05) is 11.6 Å². The second kappa shape index (κ2) is 10.2. The molecule has 0 saturated carbocycles. The molecule has 1 fully saturated rings. The van der Waals surface area contributed by atoms with Gasteiger partial charge in [-0.05, 0) is 6.07 Å². The fraction of sp³-hybridized carbons (Fsp3) is 0.316. The molecular formula is C19H21NO9. The molecule has 5 atom stereocenters. The van der Waals surface area contributed by atoms with Gasteiger partial charge in [-0.3, -0.25) is 14.9 Å². The number of rotatable bonds is 4. The largest absolute Gasteiger partial charge is 0.394 e. The lowest BCUT2D eigenvalue weighted by Gasteiger charge is -2.37. The Morgan fingerprint density at radius 3 is 2.10 bits per heavy atom. The minimum atomic E-state index is -1.57. The molecule has 0 aromatic heterocycles. The van der Waals surface area contributed by atoms with Crippen molar-refractivity contribution in [1.82, 2.24) is 0 Å². The Bertz CT molecular complexity index is 825. The molecule has 3 rings (SSSR count). The highest BCUT2D eigenvalue weighted by molar-refractivity contribution is 6.11. The SMILES string of the molecule is O=C(c1ccccc1)c1ccccc1[N+](=O)[O-].OC[C@H]1O[C@@H](O)[C@H](O)[C@@H](O)[C@H]1O. The van der Waals surface area contributed by atoms with Gasteiger partial charge in [0.05, 0.1) is 11.5 Å². The maximum atomic E-state index is 12.1. The molecule has 0 radical (unpaired) electrons. The van der Waals surface area contributed by atoms with Crippen molar-refractivity contribution >= 4 is 11.5 Å². The fourth-order valence-corrected chi connectivity index (χ4v) is 2.65. The summed E-state index contributed by atoms with van der Waals surface area (Å²) in [7, 11) is 0. The molecule has 0 unspecified atom stereocenters. The Morgan fingerprint density at radius 1 is 0.931 bits per heavy atom. The molecule has 29 heavy (non-hydrogen) atoms. The molecular weight excluding hydrogens is 386 g/mol. The summed E-state index contributed by atoms with van der Waals surface area (Å²) in [5.41, 5.74) is 0.395. The Morgan fingerprint density at radius 2 is 1.52 bits per heavy atom. The van der Waals surface area contributed by atoms with E-state index in [1.165, 1.54) is 12.1 Å². The molecule has 156 valence electrons. The summed E-state index contributed by atoms with van der Waals surface area (Å²) in [6, 6.07) is 14.5. The van der Waals surface area contributed by atoms with Crippen molar-refractivity contribution in [2.75, 3.05) is 6.61 Å². The highest BCUT2D eigenvalue weighted by atomic mass is 16.6. The first-order valence-electron chi connectivity index (χ1n) is 8.59. The summed E-state index contributed by atoms with van der Waals surface area (Å²) in [6.07, 6.45) is -7.04. The van der Waals surface area contributed by atoms with E-state index in [2.05, 4.69) is 4.74 Å². The standard InChI is InChI=1S/C13H9NO3.C6H12O6/c15-13(10-6-2-1-3-7-10)11-8-4-5-9-12(11)14(16)17;7-1-2-3(8)4(9)5(10)6(11)12-2/h1-9H;2-11H,1H2/t;2-,3+,4+,5-,6-/m.1/s1. The van der Waals surface area contributed by atoms with Gasteiger partial charge in [0.25, 0.3) is 5.69 Å². The normalized spacial score (nSPS) is 26.2. The van der Waals surface area contributed by atoms with Gasteiger partial charge in [0.15, 0.2) is 12.1 Å². The summed E-state index contributed by atoms with van der Waals surface area (Å²) in [5.74, 6) is -0.335. The lowest BCUT2D eigenvalue weighted by Crippen LogP contribution is -2.58. The van der Waals surface area contributed by atoms with E-state index < -0.39 is 42.2 Å². The summed E-state index contributed by atoms with van der Waals surface area (Å²) >= 11 is 0. The zero-order valence-corrected chi connectivity index (χ0v) is 15.1. The predicted molar refractivity (Wildman–Crippen MR) is 99.0 cm³/mol. The average Bonchev–Trinajstić information content (AvgIpc) is 2.75. The molecule has 0 spiro atoms. The molecule has 10 nitrogen and oxygen atoms in total. The first-order valence-corrected chi connectivity index (χ1v) is 8.59. The quantitative estimate of drug-likeness (QED) is 0.257. The van der Waals surface area contributed by atoms with Gasteiger partial charge in [-0.15, -0.1) is 0 Å². The van der Waals surface area contributed by atoms with E-state index in [4.69, 9.17) is 25.5 Å². The molecule has 1 heterocycles. The third-order valence-corrected chi connectivity index (χ3v) is 4.25. The summed E-state index contributed by atoms with van der Waals surface area (Å²) < 4.78 is 4.58. The van der Waals surface area contributed by atoms with E-state index in [0.29, 0.717) is 5.56 Å². The first-order chi connectivity index (χ1) is 13.8. The topological polar surface area (TPSA) is 171 Å². The van der Waals surface area contributed by atoms with Gasteiger partial charge in [-0.25, -0.2) is 0 Å². The number of ether oxygens (including phenoxy) is 1. The molecule has 0 amide bonds. The Labute approximate surface area is 165 Å². The molecule has 5 N–H and O–H groups in total. The van der Waals surface area contributed by atoms with Gasteiger partial charge in [-0.1, -0.05) is 42.5 Å². The minimum Gasteiger partial charge on any atom is -0.394 e. The molecule has 2 aromatic carbocycles. The number of hydrogen-bond donors (Lipinski definition) is 5. The Kier molecular flexibility index (Phi) is 7.91. The molecule has 1 saturated heterocycles. The number of para-hydroxylation sites is 1. The van der Waals surface area contributed by atoms with Gasteiger partial charge in [0.2, 0.25) is 0 Å². The van der Waals surface area contributed by atoms with Crippen LogP contribution in [-0.4, -0.2) is 73.6 Å². The molecule has 1 aliphatic heterocycles. The zero-order valence-electron chi connectivity index (χ0n) is 15.1. The van der Waals surface area contributed by atoms with Crippen molar-refractivity contribution in [3.05, 3.63) is 75.8 Å². The van der Waals surface area contributed by atoms with Crippen LogP contribution in [-0.2, 0) is 4.74 Å². The van der Waals surface area contributed by atoms with Gasteiger partial charge in [-0.2, -0.15) is 0 Å². The summed E-state index contributed by atoms with van der Waals surface area (Å²) in [6.45, 7) is -0.526. The number of carbonyl (C=O) groups is 1. The summed E-state index contributed by atoms with van der Waals surface area (Å²) in [4.78, 5) is 22.3. The number of nitro benzene ring substituents is 1. The third-order valence-electron chi connectivity index (χ3n) is 4.25. The van der Waals surface area contributed by atoms with Crippen LogP contribution in [0.15, 0.2) is 54.6 Å². The molecule has 2 aromatic rings. The second-order valence-corrected chi connectivity index (χ2v) is 6.19. The van der Waals surface area contributed by atoms with Gasteiger partial charge >= 0.3 is 0 Å². The maximum absolute atomic E-state index is 12.1. The highest BCUT2D eigenvalue weighted by Gasteiger charge is 2.42. The van der Waals surface area contributed by atoms with Crippen molar-refractivity contribution in [3.63, 3.8) is 0 Å². The van der Waals surface area contributed by atoms with Crippen molar-refractivity contribution in [2.45, 2.75) is 30.7 Å². The van der Waals surface area contributed by atoms with Crippen LogP contribution in [0, 0.1) is 10.1 Å². The van der Waals surface area contributed by atoms with E-state index in [9.17, 15) is 14.9 Å². The van der Waals surface area contributed by atoms with Crippen LogP contribution < -0.4 is 0 Å². The number of benzene rings is 2. The monoisotopic (exact) mass is 407 g/mol. The van der Waals surface area contributed by atoms with E-state index in [1.807, 2.05) is 0 Å². The van der Waals surface area contributed by atoms with Crippen LogP contribution in [0.3, 0.4) is 0 Å². The third kappa shape index (κ3) is 5.41. The van der Waals surface area contributed by atoms with Crippen molar-refractivity contribution in [1.29, 1.82) is 0 Å². The second-order valence-electron chi connectivity index (χ2n) is 6.19. The lowest BCUT2D eigenvalue weighted by molar-refractivity contribution is -0.385. The van der Waals surface area contributed by atoms with Gasteiger partial charge < -0.3 is 30.3 Å². The number of aliphatic hydroxyl groups excluding tert-OH is 5. The van der Waals surface area contributed by atoms with Gasteiger partial charge in [0.1, 0.15) is 30.0 Å². The number of carbonyl (C=O) groups excluding carboxylic acids is 1. The van der Waals surface area contributed by atoms with Crippen molar-refractivity contribution < 1.29 is 40.0 Å². The smallest absolute Gasteiger partial charge is 0.280 e. The van der Waals surface area contributed by atoms with E-state index in [1.54, 1.807) is 42.5 Å². The number of ketones is 1. The van der Waals surface area contributed by atoms with Crippen LogP contribution in [0.4, 0.5) is 5.69 Å². The van der Waals surface area contributed by atoms with Crippen LogP contribution in [0.5, 0.6) is 0 Å². The molecule has 0 aliphatic carbocycles.